The van der Waals surface area contributed by atoms with Crippen LogP contribution in [0.2, 0.25) is 0 Å². The molecule has 0 heterocycles. The Kier molecular flexibility index (Phi) is 3.93. The normalized spacial score (nSPS) is 11.8. The molecule has 0 aromatic heterocycles. The summed E-state index contributed by atoms with van der Waals surface area (Å²) in [6, 6.07) is 2.09. The smallest absolute Gasteiger partial charge is 0.338 e. The van der Waals surface area contributed by atoms with Crippen molar-refractivity contribution in [1.29, 1.82) is 0 Å². The summed E-state index contributed by atoms with van der Waals surface area (Å²) in [5.41, 5.74) is -0.668. The highest BCUT2D eigenvalue weighted by Gasteiger charge is 2.27. The molecular weight excluding hydrogens is 315 g/mol. The van der Waals surface area contributed by atoms with Crippen LogP contribution in [0.15, 0.2) is 21.5 Å². The largest absolute Gasteiger partial charge is 0.478 e. The van der Waals surface area contributed by atoms with Crippen molar-refractivity contribution in [2.45, 2.75) is 24.0 Å². The number of halogens is 2. The van der Waals surface area contributed by atoms with Crippen LogP contribution in [0.5, 0.6) is 0 Å². The number of hydrogen-bond acceptors (Lipinski definition) is 3. The number of carboxylic acids is 1. The predicted molar refractivity (Wildman–Crippen MR) is 63.4 cm³/mol. The SMILES string of the molecule is CC(C)S(=O)(=O)c1cc(Br)cc(C(=O)O)c1F. The molecule has 0 aliphatic heterocycles. The van der Waals surface area contributed by atoms with Gasteiger partial charge in [-0.3, -0.25) is 0 Å². The summed E-state index contributed by atoms with van der Waals surface area (Å²) in [6.07, 6.45) is 0. The minimum Gasteiger partial charge on any atom is -0.478 e. The van der Waals surface area contributed by atoms with Gasteiger partial charge < -0.3 is 5.11 Å². The van der Waals surface area contributed by atoms with Crippen molar-refractivity contribution in [3.05, 3.63) is 28.0 Å². The molecule has 0 saturated heterocycles. The summed E-state index contributed by atoms with van der Waals surface area (Å²) in [6.45, 7) is 2.80. The van der Waals surface area contributed by atoms with Crippen LogP contribution in [0.25, 0.3) is 0 Å². The Hall–Kier alpha value is -0.950. The van der Waals surface area contributed by atoms with E-state index < -0.39 is 37.3 Å². The number of rotatable bonds is 3. The second-order valence-corrected chi connectivity index (χ2v) is 7.05. The number of sulfone groups is 1. The molecule has 0 atom stereocenters. The van der Waals surface area contributed by atoms with Crippen LogP contribution in [0, 0.1) is 5.82 Å². The average Bonchev–Trinajstić information content (AvgIpc) is 2.20. The molecule has 0 spiro atoms. The van der Waals surface area contributed by atoms with Crippen molar-refractivity contribution in [3.8, 4) is 0 Å². The number of benzene rings is 1. The summed E-state index contributed by atoms with van der Waals surface area (Å²) in [5.74, 6) is -2.74. The maximum atomic E-state index is 13.8. The quantitative estimate of drug-likeness (QED) is 0.927. The monoisotopic (exact) mass is 324 g/mol. The van der Waals surface area contributed by atoms with Gasteiger partial charge in [-0.2, -0.15) is 0 Å². The molecule has 0 fully saturated rings. The van der Waals surface area contributed by atoms with Crippen LogP contribution in [0.4, 0.5) is 4.39 Å². The second kappa shape index (κ2) is 4.73. The van der Waals surface area contributed by atoms with Gasteiger partial charge in [0.2, 0.25) is 0 Å². The molecule has 4 nitrogen and oxygen atoms in total. The van der Waals surface area contributed by atoms with Crippen molar-refractivity contribution in [2.24, 2.45) is 0 Å². The first kappa shape index (κ1) is 14.1. The zero-order valence-corrected chi connectivity index (χ0v) is 11.5. The molecule has 17 heavy (non-hydrogen) atoms. The van der Waals surface area contributed by atoms with E-state index in [0.29, 0.717) is 0 Å². The van der Waals surface area contributed by atoms with Crippen LogP contribution in [0.1, 0.15) is 24.2 Å². The molecule has 0 amide bonds. The fourth-order valence-electron chi connectivity index (χ4n) is 1.18. The summed E-state index contributed by atoms with van der Waals surface area (Å²) in [4.78, 5) is 10.2. The molecule has 0 unspecified atom stereocenters. The summed E-state index contributed by atoms with van der Waals surface area (Å²) < 4.78 is 37.6. The maximum absolute atomic E-state index is 13.8. The molecule has 1 aromatic carbocycles. The van der Waals surface area contributed by atoms with Gasteiger partial charge in [0, 0.05) is 4.47 Å². The minimum atomic E-state index is -3.85. The van der Waals surface area contributed by atoms with Gasteiger partial charge in [0.25, 0.3) is 0 Å². The fourth-order valence-corrected chi connectivity index (χ4v) is 2.95. The maximum Gasteiger partial charge on any atom is 0.338 e. The second-order valence-electron chi connectivity index (χ2n) is 3.66. The predicted octanol–water partition coefficient (Wildman–Crippen LogP) is 2.47. The number of hydrogen-bond donors (Lipinski definition) is 1. The summed E-state index contributed by atoms with van der Waals surface area (Å²) in [7, 11) is -3.85. The number of aromatic carboxylic acids is 1. The van der Waals surface area contributed by atoms with Gasteiger partial charge in [-0.25, -0.2) is 17.6 Å². The minimum absolute atomic E-state index is 0.204. The van der Waals surface area contributed by atoms with Crippen LogP contribution >= 0.6 is 15.9 Å². The molecule has 7 heteroatoms. The Bertz CT molecular complexity index is 566. The average molecular weight is 325 g/mol. The number of carboxylic acid groups (broad SMARTS) is 1. The summed E-state index contributed by atoms with van der Waals surface area (Å²) in [5, 5.41) is 7.94. The highest BCUT2D eigenvalue weighted by Crippen LogP contribution is 2.26. The van der Waals surface area contributed by atoms with E-state index in [1.807, 2.05) is 0 Å². The van der Waals surface area contributed by atoms with E-state index in [0.717, 1.165) is 12.1 Å². The van der Waals surface area contributed by atoms with Gasteiger partial charge in [0.05, 0.1) is 10.8 Å². The fraction of sp³-hybridized carbons (Fsp3) is 0.300. The lowest BCUT2D eigenvalue weighted by molar-refractivity contribution is 0.0691. The Morgan fingerprint density at radius 3 is 2.35 bits per heavy atom. The molecule has 0 aliphatic carbocycles. The van der Waals surface area contributed by atoms with Crippen molar-refractivity contribution in [3.63, 3.8) is 0 Å². The number of carbonyl (C=O) groups is 1. The Morgan fingerprint density at radius 2 is 1.94 bits per heavy atom. The standard InChI is InChI=1S/C10H10BrFO4S/c1-5(2)17(15,16)8-4-6(11)3-7(9(8)12)10(13)14/h3-5H,1-2H3,(H,13,14). The van der Waals surface area contributed by atoms with Gasteiger partial charge in [0.1, 0.15) is 4.90 Å². The van der Waals surface area contributed by atoms with Crippen LogP contribution < -0.4 is 0 Å². The Morgan fingerprint density at radius 1 is 1.41 bits per heavy atom. The van der Waals surface area contributed by atoms with Crippen molar-refractivity contribution in [1.82, 2.24) is 0 Å². The van der Waals surface area contributed by atoms with Crippen molar-refractivity contribution in [2.75, 3.05) is 0 Å². The molecule has 0 radical (unpaired) electrons. The van der Waals surface area contributed by atoms with Crippen molar-refractivity contribution >= 4 is 31.7 Å². The molecule has 1 aromatic rings. The van der Waals surface area contributed by atoms with Gasteiger partial charge in [-0.1, -0.05) is 15.9 Å². The zero-order valence-electron chi connectivity index (χ0n) is 9.07. The highest BCUT2D eigenvalue weighted by molar-refractivity contribution is 9.10. The lowest BCUT2D eigenvalue weighted by Gasteiger charge is -2.10. The molecule has 94 valence electrons. The first-order valence-corrected chi connectivity index (χ1v) is 6.98. The van der Waals surface area contributed by atoms with Gasteiger partial charge >= 0.3 is 5.97 Å². The molecule has 0 bridgehead atoms. The van der Waals surface area contributed by atoms with Gasteiger partial charge in [-0.15, -0.1) is 0 Å². The first-order chi connectivity index (χ1) is 7.67. The topological polar surface area (TPSA) is 71.4 Å². The van der Waals surface area contributed by atoms with E-state index in [1.54, 1.807) is 0 Å². The van der Waals surface area contributed by atoms with Crippen LogP contribution in [-0.4, -0.2) is 24.7 Å². The third kappa shape index (κ3) is 2.66. The van der Waals surface area contributed by atoms with Gasteiger partial charge in [-0.05, 0) is 26.0 Å². The highest BCUT2D eigenvalue weighted by atomic mass is 79.9. The molecular formula is C10H10BrFO4S. The van der Waals surface area contributed by atoms with Crippen LogP contribution in [0.3, 0.4) is 0 Å². The molecule has 0 aliphatic rings. The zero-order chi connectivity index (χ0) is 13.4. The van der Waals surface area contributed by atoms with Crippen molar-refractivity contribution < 1.29 is 22.7 Å². The third-order valence-electron chi connectivity index (χ3n) is 2.16. The Labute approximate surface area is 107 Å². The lowest BCUT2D eigenvalue weighted by Crippen LogP contribution is -2.17. The van der Waals surface area contributed by atoms with Crippen LogP contribution in [-0.2, 0) is 9.84 Å². The van der Waals surface area contributed by atoms with E-state index in [2.05, 4.69) is 15.9 Å². The molecule has 1 N–H and O–H groups in total. The van der Waals surface area contributed by atoms with Gasteiger partial charge in [0.15, 0.2) is 15.7 Å². The molecule has 1 rings (SSSR count). The Balaban J connectivity index is 3.62. The van der Waals surface area contributed by atoms with E-state index in [4.69, 9.17) is 5.11 Å². The van der Waals surface area contributed by atoms with E-state index in [1.165, 1.54) is 13.8 Å². The third-order valence-corrected chi connectivity index (χ3v) is 4.77. The van der Waals surface area contributed by atoms with E-state index in [-0.39, 0.29) is 4.47 Å². The first-order valence-electron chi connectivity index (χ1n) is 4.64. The lowest BCUT2D eigenvalue weighted by atomic mass is 10.2. The van der Waals surface area contributed by atoms with E-state index >= 15 is 0 Å². The molecule has 0 saturated carbocycles. The summed E-state index contributed by atoms with van der Waals surface area (Å²) >= 11 is 2.96. The van der Waals surface area contributed by atoms with E-state index in [9.17, 15) is 17.6 Å².